The monoisotopic (exact) mass is 301 g/mol. The van der Waals surface area contributed by atoms with Crippen LogP contribution in [0.3, 0.4) is 0 Å². The number of carboxylic acid groups (broad SMARTS) is 1. The molecule has 1 aromatic carbocycles. The lowest BCUT2D eigenvalue weighted by Gasteiger charge is -2.03. The molecule has 2 rings (SSSR count). The van der Waals surface area contributed by atoms with E-state index in [0.717, 1.165) is 4.47 Å². The number of phenols is 1. The van der Waals surface area contributed by atoms with Crippen molar-refractivity contribution in [1.82, 2.24) is 0 Å². The molecule has 0 fully saturated rings. The van der Waals surface area contributed by atoms with Crippen LogP contribution in [0.4, 0.5) is 0 Å². The summed E-state index contributed by atoms with van der Waals surface area (Å²) >= 11 is 4.58. The molecule has 0 saturated carbocycles. The van der Waals surface area contributed by atoms with Gasteiger partial charge in [0.05, 0.1) is 0 Å². The Bertz CT molecular complexity index is 475. The zero-order valence-electron chi connectivity index (χ0n) is 8.05. The van der Waals surface area contributed by atoms with Gasteiger partial charge in [-0.05, 0) is 18.2 Å². The van der Waals surface area contributed by atoms with Gasteiger partial charge in [-0.1, -0.05) is 15.9 Å². The first-order valence-electron chi connectivity index (χ1n) is 4.50. The molecule has 1 atom stereocenters. The summed E-state index contributed by atoms with van der Waals surface area (Å²) in [5.41, 5.74) is 0.581. The Morgan fingerprint density at radius 3 is 2.88 bits per heavy atom. The second kappa shape index (κ2) is 4.47. The summed E-state index contributed by atoms with van der Waals surface area (Å²) in [4.78, 5) is 14.8. The Balaban J connectivity index is 2.32. The molecular formula is C10H8BrNO3S. The van der Waals surface area contributed by atoms with Gasteiger partial charge in [0.2, 0.25) is 0 Å². The Labute approximate surface area is 105 Å². The Hall–Kier alpha value is -1.01. The number of nitrogens with zero attached hydrogens (tertiary/aromatic N) is 1. The van der Waals surface area contributed by atoms with Gasteiger partial charge in [-0.2, -0.15) is 0 Å². The van der Waals surface area contributed by atoms with Crippen LogP contribution in [-0.4, -0.2) is 33.0 Å². The number of hydrogen-bond acceptors (Lipinski definition) is 4. The Kier molecular flexibility index (Phi) is 3.20. The van der Waals surface area contributed by atoms with E-state index in [1.54, 1.807) is 18.2 Å². The molecule has 1 aromatic rings. The number of carbonyl (C=O) groups is 1. The molecular weight excluding hydrogens is 294 g/mol. The van der Waals surface area contributed by atoms with Crippen molar-refractivity contribution in [3.8, 4) is 5.75 Å². The number of thioether (sulfide) groups is 1. The van der Waals surface area contributed by atoms with Gasteiger partial charge in [-0.25, -0.2) is 4.79 Å². The summed E-state index contributed by atoms with van der Waals surface area (Å²) in [6, 6.07) is 4.36. The average molecular weight is 302 g/mol. The first-order valence-corrected chi connectivity index (χ1v) is 6.28. The van der Waals surface area contributed by atoms with Crippen molar-refractivity contribution in [1.29, 1.82) is 0 Å². The average Bonchev–Trinajstić information content (AvgIpc) is 2.66. The van der Waals surface area contributed by atoms with Crippen LogP contribution >= 0.6 is 27.7 Å². The number of hydrogen-bond donors (Lipinski definition) is 2. The highest BCUT2D eigenvalue weighted by Crippen LogP contribution is 2.30. The topological polar surface area (TPSA) is 69.9 Å². The molecule has 1 unspecified atom stereocenters. The van der Waals surface area contributed by atoms with Crippen LogP contribution in [0.15, 0.2) is 27.7 Å². The molecule has 1 heterocycles. The maximum atomic E-state index is 10.7. The van der Waals surface area contributed by atoms with Crippen molar-refractivity contribution < 1.29 is 15.0 Å². The highest BCUT2D eigenvalue weighted by Gasteiger charge is 2.26. The summed E-state index contributed by atoms with van der Waals surface area (Å²) < 4.78 is 0.770. The van der Waals surface area contributed by atoms with E-state index in [-0.39, 0.29) is 5.75 Å². The van der Waals surface area contributed by atoms with Gasteiger partial charge >= 0.3 is 5.97 Å². The molecule has 0 aliphatic carbocycles. The standard InChI is InChI=1S/C10H8BrNO3S/c11-5-1-2-6(8(13)3-5)9-12-7(4-16-9)10(14)15/h1-3,7,13H,4H2,(H,14,15). The molecule has 16 heavy (non-hydrogen) atoms. The maximum Gasteiger partial charge on any atom is 0.329 e. The molecule has 2 N–H and O–H groups in total. The predicted molar refractivity (Wildman–Crippen MR) is 66.2 cm³/mol. The number of aromatic hydroxyl groups is 1. The first-order chi connectivity index (χ1) is 7.58. The number of rotatable bonds is 2. The van der Waals surface area contributed by atoms with Gasteiger partial charge in [0.1, 0.15) is 10.8 Å². The summed E-state index contributed by atoms with van der Waals surface area (Å²) in [6.07, 6.45) is 0. The number of benzene rings is 1. The number of carboxylic acids is 1. The summed E-state index contributed by atoms with van der Waals surface area (Å²) in [5.74, 6) is -0.411. The highest BCUT2D eigenvalue weighted by molar-refractivity contribution is 9.10. The van der Waals surface area contributed by atoms with Gasteiger partial charge in [-0.3, -0.25) is 4.99 Å². The van der Waals surface area contributed by atoms with Crippen LogP contribution in [0, 0.1) is 0 Å². The summed E-state index contributed by atoms with van der Waals surface area (Å²) in [5, 5.41) is 19.1. The van der Waals surface area contributed by atoms with Gasteiger partial charge in [-0.15, -0.1) is 11.8 Å². The lowest BCUT2D eigenvalue weighted by Crippen LogP contribution is -2.17. The molecule has 0 amide bonds. The number of halogens is 1. The Morgan fingerprint density at radius 2 is 2.31 bits per heavy atom. The van der Waals surface area contributed by atoms with Gasteiger partial charge < -0.3 is 10.2 Å². The molecule has 4 nitrogen and oxygen atoms in total. The minimum Gasteiger partial charge on any atom is -0.507 e. The van der Waals surface area contributed by atoms with Gasteiger partial charge in [0.15, 0.2) is 6.04 Å². The van der Waals surface area contributed by atoms with Crippen molar-refractivity contribution >= 4 is 38.7 Å². The van der Waals surface area contributed by atoms with Crippen molar-refractivity contribution in [3.63, 3.8) is 0 Å². The molecule has 6 heteroatoms. The fourth-order valence-corrected chi connectivity index (χ4v) is 2.75. The lowest BCUT2D eigenvalue weighted by molar-refractivity contribution is -0.137. The van der Waals surface area contributed by atoms with E-state index in [1.807, 2.05) is 0 Å². The van der Waals surface area contributed by atoms with Crippen molar-refractivity contribution in [3.05, 3.63) is 28.2 Å². The van der Waals surface area contributed by atoms with E-state index in [1.165, 1.54) is 11.8 Å². The van der Waals surface area contributed by atoms with Crippen LogP contribution in [-0.2, 0) is 4.79 Å². The molecule has 0 bridgehead atoms. The quantitative estimate of drug-likeness (QED) is 0.878. The molecule has 1 aliphatic rings. The third kappa shape index (κ3) is 2.22. The van der Waals surface area contributed by atoms with E-state index < -0.39 is 12.0 Å². The molecule has 0 radical (unpaired) electrons. The number of aliphatic imine (C=N–C) groups is 1. The second-order valence-electron chi connectivity index (χ2n) is 3.26. The SMILES string of the molecule is O=C(O)C1CSC(c2ccc(Br)cc2O)=N1. The number of phenolic OH excluding ortho intramolecular Hbond substituents is 1. The van der Waals surface area contributed by atoms with Crippen molar-refractivity contribution in [2.24, 2.45) is 4.99 Å². The fraction of sp³-hybridized carbons (Fsp3) is 0.200. The smallest absolute Gasteiger partial charge is 0.329 e. The third-order valence-electron chi connectivity index (χ3n) is 2.13. The van der Waals surface area contributed by atoms with Crippen molar-refractivity contribution in [2.75, 3.05) is 5.75 Å². The van der Waals surface area contributed by atoms with Crippen molar-refractivity contribution in [2.45, 2.75) is 6.04 Å². The lowest BCUT2D eigenvalue weighted by atomic mass is 10.2. The van der Waals surface area contributed by atoms with E-state index >= 15 is 0 Å². The van der Waals surface area contributed by atoms with Gasteiger partial charge in [0, 0.05) is 15.8 Å². The Morgan fingerprint density at radius 1 is 1.56 bits per heavy atom. The molecule has 1 aliphatic heterocycles. The fourth-order valence-electron chi connectivity index (χ4n) is 1.33. The third-order valence-corrected chi connectivity index (χ3v) is 3.70. The second-order valence-corrected chi connectivity index (χ2v) is 5.19. The molecule has 0 saturated heterocycles. The molecule has 0 spiro atoms. The van der Waals surface area contributed by atoms with Crippen LogP contribution in [0.25, 0.3) is 0 Å². The zero-order chi connectivity index (χ0) is 11.7. The molecule has 0 aromatic heterocycles. The normalized spacial score (nSPS) is 19.6. The minimum absolute atomic E-state index is 0.103. The highest BCUT2D eigenvalue weighted by atomic mass is 79.9. The predicted octanol–water partition coefficient (Wildman–Crippen LogP) is 2.10. The first kappa shape index (κ1) is 11.5. The van der Waals surface area contributed by atoms with E-state index in [4.69, 9.17) is 5.11 Å². The van der Waals surface area contributed by atoms with Crippen LogP contribution in [0.5, 0.6) is 5.75 Å². The molecule has 84 valence electrons. The maximum absolute atomic E-state index is 10.7. The van der Waals surface area contributed by atoms with E-state index in [2.05, 4.69) is 20.9 Å². The summed E-state index contributed by atoms with van der Waals surface area (Å²) in [6.45, 7) is 0. The van der Waals surface area contributed by atoms with E-state index in [0.29, 0.717) is 16.4 Å². The minimum atomic E-state index is -0.931. The van der Waals surface area contributed by atoms with Crippen LogP contribution in [0.1, 0.15) is 5.56 Å². The van der Waals surface area contributed by atoms with Crippen LogP contribution in [0.2, 0.25) is 0 Å². The van der Waals surface area contributed by atoms with E-state index in [9.17, 15) is 9.90 Å². The summed E-state index contributed by atoms with van der Waals surface area (Å²) in [7, 11) is 0. The zero-order valence-corrected chi connectivity index (χ0v) is 10.5. The number of aliphatic carboxylic acids is 1. The van der Waals surface area contributed by atoms with Gasteiger partial charge in [0.25, 0.3) is 0 Å². The van der Waals surface area contributed by atoms with Crippen LogP contribution < -0.4 is 0 Å². The largest absolute Gasteiger partial charge is 0.507 e.